The lowest BCUT2D eigenvalue weighted by Gasteiger charge is -2.40. The highest BCUT2D eigenvalue weighted by Crippen LogP contribution is 2.24. The summed E-state index contributed by atoms with van der Waals surface area (Å²) >= 11 is 0. The van der Waals surface area contributed by atoms with Crippen molar-refractivity contribution in [2.75, 3.05) is 7.11 Å². The van der Waals surface area contributed by atoms with E-state index in [0.29, 0.717) is 6.61 Å². The van der Waals surface area contributed by atoms with E-state index in [1.165, 1.54) is 7.11 Å². The van der Waals surface area contributed by atoms with Gasteiger partial charge in [-0.15, -0.1) is 0 Å². The van der Waals surface area contributed by atoms with Gasteiger partial charge in [0.2, 0.25) is 0 Å². The largest absolute Gasteiger partial charge is 0.387 e. The van der Waals surface area contributed by atoms with Crippen LogP contribution in [0.5, 0.6) is 0 Å². The summed E-state index contributed by atoms with van der Waals surface area (Å²) in [6, 6.07) is 9.65. The Kier molecular flexibility index (Phi) is 4.90. The predicted molar refractivity (Wildman–Crippen MR) is 68.4 cm³/mol. The lowest BCUT2D eigenvalue weighted by Crippen LogP contribution is -2.57. The first-order chi connectivity index (χ1) is 9.13. The van der Waals surface area contributed by atoms with Crippen molar-refractivity contribution in [3.63, 3.8) is 0 Å². The molecule has 106 valence electrons. The number of rotatable bonds is 4. The van der Waals surface area contributed by atoms with Crippen molar-refractivity contribution in [2.45, 2.75) is 44.2 Å². The molecule has 2 N–H and O–H groups in total. The van der Waals surface area contributed by atoms with Gasteiger partial charge >= 0.3 is 0 Å². The van der Waals surface area contributed by atoms with E-state index >= 15 is 0 Å². The highest BCUT2D eigenvalue weighted by atomic mass is 16.7. The SMILES string of the molecule is CO[C@@H]1O[C@H](C)[C@H](OCc2ccccc2)[C@H](O)[C@@H]1O. The zero-order valence-corrected chi connectivity index (χ0v) is 11.1. The van der Waals surface area contributed by atoms with Gasteiger partial charge < -0.3 is 24.4 Å². The summed E-state index contributed by atoms with van der Waals surface area (Å²) < 4.78 is 16.1. The first kappa shape index (κ1) is 14.4. The number of aliphatic hydroxyl groups excluding tert-OH is 2. The van der Waals surface area contributed by atoms with E-state index < -0.39 is 24.6 Å². The average molecular weight is 268 g/mol. The second-order valence-electron chi connectivity index (χ2n) is 4.69. The number of aliphatic hydroxyl groups is 2. The van der Waals surface area contributed by atoms with E-state index in [4.69, 9.17) is 14.2 Å². The van der Waals surface area contributed by atoms with Crippen LogP contribution in [0, 0.1) is 0 Å². The fraction of sp³-hybridized carbons (Fsp3) is 0.571. The lowest BCUT2D eigenvalue weighted by molar-refractivity contribution is -0.294. The molecule has 0 spiro atoms. The molecule has 0 saturated carbocycles. The van der Waals surface area contributed by atoms with Crippen molar-refractivity contribution < 1.29 is 24.4 Å². The Morgan fingerprint density at radius 1 is 1.16 bits per heavy atom. The van der Waals surface area contributed by atoms with Crippen molar-refractivity contribution in [3.05, 3.63) is 35.9 Å². The van der Waals surface area contributed by atoms with E-state index in [2.05, 4.69) is 0 Å². The predicted octanol–water partition coefficient (Wildman–Crippen LogP) is 0.685. The second kappa shape index (κ2) is 6.45. The van der Waals surface area contributed by atoms with Crippen LogP contribution in [0.15, 0.2) is 30.3 Å². The standard InChI is InChI=1S/C14H20O5/c1-9-13(11(15)12(16)14(17-2)19-9)18-8-10-6-4-3-5-7-10/h3-7,9,11-16H,8H2,1-2H3/t9-,11-,12+,13+,14-/m1/s1. The summed E-state index contributed by atoms with van der Waals surface area (Å²) in [6.07, 6.45) is -3.89. The van der Waals surface area contributed by atoms with Gasteiger partial charge in [-0.1, -0.05) is 30.3 Å². The van der Waals surface area contributed by atoms with Crippen molar-refractivity contribution in [2.24, 2.45) is 0 Å². The van der Waals surface area contributed by atoms with Crippen LogP contribution in [0.25, 0.3) is 0 Å². The molecule has 0 unspecified atom stereocenters. The van der Waals surface area contributed by atoms with Crippen LogP contribution in [0.4, 0.5) is 0 Å². The monoisotopic (exact) mass is 268 g/mol. The Morgan fingerprint density at radius 2 is 1.84 bits per heavy atom. The molecule has 0 aliphatic carbocycles. The van der Waals surface area contributed by atoms with E-state index in [1.807, 2.05) is 30.3 Å². The molecular weight excluding hydrogens is 248 g/mol. The number of methoxy groups -OCH3 is 1. The van der Waals surface area contributed by atoms with E-state index in [-0.39, 0.29) is 6.10 Å². The third-order valence-corrected chi connectivity index (χ3v) is 3.29. The molecule has 1 fully saturated rings. The van der Waals surface area contributed by atoms with Crippen molar-refractivity contribution in [3.8, 4) is 0 Å². The van der Waals surface area contributed by atoms with Gasteiger partial charge in [-0.3, -0.25) is 0 Å². The van der Waals surface area contributed by atoms with Crippen LogP contribution in [0.3, 0.4) is 0 Å². The minimum Gasteiger partial charge on any atom is -0.387 e. The number of hydrogen-bond donors (Lipinski definition) is 2. The Labute approximate surface area is 112 Å². The molecule has 1 heterocycles. The van der Waals surface area contributed by atoms with Gasteiger partial charge in [0.25, 0.3) is 0 Å². The summed E-state index contributed by atoms with van der Waals surface area (Å²) in [5, 5.41) is 19.9. The van der Waals surface area contributed by atoms with E-state index in [0.717, 1.165) is 5.56 Å². The molecule has 5 heteroatoms. The lowest BCUT2D eigenvalue weighted by atomic mass is 9.99. The highest BCUT2D eigenvalue weighted by molar-refractivity contribution is 5.13. The number of benzene rings is 1. The minimum absolute atomic E-state index is 0.355. The summed E-state index contributed by atoms with van der Waals surface area (Å²) in [5.74, 6) is 0. The van der Waals surface area contributed by atoms with Crippen LogP contribution in [-0.2, 0) is 20.8 Å². The summed E-state index contributed by atoms with van der Waals surface area (Å²) in [4.78, 5) is 0. The Balaban J connectivity index is 1.96. The Bertz CT molecular complexity index is 383. The molecule has 1 aromatic carbocycles. The average Bonchev–Trinajstić information content (AvgIpc) is 2.44. The molecule has 0 radical (unpaired) electrons. The molecule has 1 aliphatic rings. The maximum atomic E-state index is 10.1. The second-order valence-corrected chi connectivity index (χ2v) is 4.69. The molecule has 0 aromatic heterocycles. The zero-order chi connectivity index (χ0) is 13.8. The highest BCUT2D eigenvalue weighted by Gasteiger charge is 2.43. The van der Waals surface area contributed by atoms with E-state index in [1.54, 1.807) is 6.92 Å². The fourth-order valence-corrected chi connectivity index (χ4v) is 2.20. The molecule has 1 saturated heterocycles. The topological polar surface area (TPSA) is 68.2 Å². The third-order valence-electron chi connectivity index (χ3n) is 3.29. The summed E-state index contributed by atoms with van der Waals surface area (Å²) in [6.45, 7) is 2.15. The van der Waals surface area contributed by atoms with Crippen LogP contribution in [-0.4, -0.2) is 48.0 Å². The Hall–Kier alpha value is -0.980. The van der Waals surface area contributed by atoms with Crippen molar-refractivity contribution in [1.29, 1.82) is 0 Å². The van der Waals surface area contributed by atoms with Gasteiger partial charge in [0.05, 0.1) is 12.7 Å². The minimum atomic E-state index is -1.11. The van der Waals surface area contributed by atoms with Crippen LogP contribution in [0.1, 0.15) is 12.5 Å². The van der Waals surface area contributed by atoms with Crippen LogP contribution < -0.4 is 0 Å². The molecule has 1 aromatic rings. The molecule has 5 nitrogen and oxygen atoms in total. The van der Waals surface area contributed by atoms with Gasteiger partial charge in [-0.25, -0.2) is 0 Å². The smallest absolute Gasteiger partial charge is 0.186 e. The van der Waals surface area contributed by atoms with Crippen molar-refractivity contribution >= 4 is 0 Å². The number of ether oxygens (including phenoxy) is 3. The van der Waals surface area contributed by atoms with Gasteiger partial charge in [-0.2, -0.15) is 0 Å². The fourth-order valence-electron chi connectivity index (χ4n) is 2.20. The van der Waals surface area contributed by atoms with Gasteiger partial charge in [0.15, 0.2) is 6.29 Å². The third kappa shape index (κ3) is 3.32. The van der Waals surface area contributed by atoms with Crippen LogP contribution in [0.2, 0.25) is 0 Å². The normalized spacial score (nSPS) is 35.3. The van der Waals surface area contributed by atoms with Gasteiger partial charge in [-0.05, 0) is 12.5 Å². The Morgan fingerprint density at radius 3 is 2.47 bits per heavy atom. The maximum absolute atomic E-state index is 10.1. The molecular formula is C14H20O5. The molecule has 0 bridgehead atoms. The van der Waals surface area contributed by atoms with Crippen LogP contribution >= 0.6 is 0 Å². The molecule has 2 rings (SSSR count). The quantitative estimate of drug-likeness (QED) is 0.840. The molecule has 19 heavy (non-hydrogen) atoms. The number of hydrogen-bond acceptors (Lipinski definition) is 5. The van der Waals surface area contributed by atoms with Gasteiger partial charge in [0.1, 0.15) is 18.3 Å². The zero-order valence-electron chi connectivity index (χ0n) is 11.1. The van der Waals surface area contributed by atoms with Crippen molar-refractivity contribution in [1.82, 2.24) is 0 Å². The summed E-state index contributed by atoms with van der Waals surface area (Å²) in [7, 11) is 1.43. The van der Waals surface area contributed by atoms with E-state index in [9.17, 15) is 10.2 Å². The van der Waals surface area contributed by atoms with Gasteiger partial charge in [0, 0.05) is 7.11 Å². The molecule has 1 aliphatic heterocycles. The molecule has 0 amide bonds. The first-order valence-corrected chi connectivity index (χ1v) is 6.33. The molecule has 5 atom stereocenters. The first-order valence-electron chi connectivity index (χ1n) is 6.33. The maximum Gasteiger partial charge on any atom is 0.186 e. The summed E-state index contributed by atoms with van der Waals surface area (Å²) in [5.41, 5.74) is 1.00.